The molecule has 29 heavy (non-hydrogen) atoms. The van der Waals surface area contributed by atoms with Crippen molar-refractivity contribution in [1.82, 2.24) is 15.5 Å². The Morgan fingerprint density at radius 1 is 1.21 bits per heavy atom. The van der Waals surface area contributed by atoms with Gasteiger partial charge in [0.15, 0.2) is 0 Å². The van der Waals surface area contributed by atoms with E-state index in [0.717, 1.165) is 5.56 Å². The minimum atomic E-state index is -0.642. The molecule has 1 saturated heterocycles. The van der Waals surface area contributed by atoms with Crippen LogP contribution in [0.15, 0.2) is 24.3 Å². The molecule has 0 aromatic heterocycles. The highest BCUT2D eigenvalue weighted by Gasteiger charge is 2.34. The van der Waals surface area contributed by atoms with Crippen LogP contribution in [0.3, 0.4) is 0 Å². The highest BCUT2D eigenvalue weighted by atomic mass is 16.5. The molecular formula is C22H33N3O4. The van der Waals surface area contributed by atoms with Crippen LogP contribution >= 0.6 is 0 Å². The summed E-state index contributed by atoms with van der Waals surface area (Å²) in [6.45, 7) is 7.70. The van der Waals surface area contributed by atoms with Gasteiger partial charge in [-0.25, -0.2) is 0 Å². The predicted molar refractivity (Wildman–Crippen MR) is 111 cm³/mol. The SMILES string of the molecule is COCCNC(=O)C(NC(=O)c1cccc(C)c1)C1CCN(C(=O)C(C)C)CC1. The zero-order valence-corrected chi connectivity index (χ0v) is 17.9. The molecule has 1 aliphatic rings. The van der Waals surface area contributed by atoms with Crippen LogP contribution in [-0.4, -0.2) is 62.0 Å². The molecule has 0 spiro atoms. The number of ether oxygens (including phenoxy) is 1. The molecule has 160 valence electrons. The van der Waals surface area contributed by atoms with Crippen LogP contribution in [0, 0.1) is 18.8 Å². The van der Waals surface area contributed by atoms with Gasteiger partial charge in [-0.15, -0.1) is 0 Å². The van der Waals surface area contributed by atoms with Gasteiger partial charge in [0.25, 0.3) is 5.91 Å². The van der Waals surface area contributed by atoms with Crippen LogP contribution in [0.1, 0.15) is 42.6 Å². The summed E-state index contributed by atoms with van der Waals surface area (Å²) in [5, 5.41) is 5.77. The molecule has 1 heterocycles. The first-order valence-corrected chi connectivity index (χ1v) is 10.3. The lowest BCUT2D eigenvalue weighted by Gasteiger charge is -2.36. The van der Waals surface area contributed by atoms with Crippen molar-refractivity contribution in [2.24, 2.45) is 11.8 Å². The lowest BCUT2D eigenvalue weighted by atomic mass is 9.88. The van der Waals surface area contributed by atoms with Crippen LogP contribution in [0.25, 0.3) is 0 Å². The fraction of sp³-hybridized carbons (Fsp3) is 0.591. The van der Waals surface area contributed by atoms with Crippen molar-refractivity contribution in [3.63, 3.8) is 0 Å². The van der Waals surface area contributed by atoms with E-state index in [9.17, 15) is 14.4 Å². The van der Waals surface area contributed by atoms with Crippen molar-refractivity contribution in [3.05, 3.63) is 35.4 Å². The normalized spacial score (nSPS) is 15.8. The topological polar surface area (TPSA) is 87.7 Å². The number of hydrogen-bond acceptors (Lipinski definition) is 4. The molecule has 0 aliphatic carbocycles. The Kier molecular flexibility index (Phi) is 8.64. The minimum Gasteiger partial charge on any atom is -0.383 e. The summed E-state index contributed by atoms with van der Waals surface area (Å²) < 4.78 is 5.00. The van der Waals surface area contributed by atoms with Crippen molar-refractivity contribution >= 4 is 17.7 Å². The summed E-state index contributed by atoms with van der Waals surface area (Å²) in [5.74, 6) is -0.408. The first kappa shape index (κ1) is 22.9. The zero-order chi connectivity index (χ0) is 21.4. The van der Waals surface area contributed by atoms with Gasteiger partial charge in [0.05, 0.1) is 6.61 Å². The molecule has 0 bridgehead atoms. The standard InChI is InChI=1S/C22H33N3O4/c1-15(2)22(28)25-11-8-17(9-12-25)19(21(27)23-10-13-29-4)24-20(26)18-7-5-6-16(3)14-18/h5-7,14-15,17,19H,8-13H2,1-4H3,(H,23,27)(H,24,26). The second-order valence-electron chi connectivity index (χ2n) is 7.92. The number of likely N-dealkylation sites (tertiary alicyclic amines) is 1. The van der Waals surface area contributed by atoms with Gasteiger partial charge < -0.3 is 20.3 Å². The zero-order valence-electron chi connectivity index (χ0n) is 17.9. The van der Waals surface area contributed by atoms with Gasteiger partial charge in [-0.1, -0.05) is 31.5 Å². The Morgan fingerprint density at radius 3 is 2.48 bits per heavy atom. The molecule has 7 heteroatoms. The van der Waals surface area contributed by atoms with E-state index in [-0.39, 0.29) is 29.6 Å². The first-order chi connectivity index (χ1) is 13.8. The first-order valence-electron chi connectivity index (χ1n) is 10.3. The number of aryl methyl sites for hydroxylation is 1. The number of carbonyl (C=O) groups is 3. The molecule has 1 aromatic carbocycles. The minimum absolute atomic E-state index is 0.0254. The van der Waals surface area contributed by atoms with E-state index in [4.69, 9.17) is 4.74 Å². The number of nitrogens with zero attached hydrogens (tertiary/aromatic N) is 1. The number of carbonyl (C=O) groups excluding carboxylic acids is 3. The highest BCUT2D eigenvalue weighted by Crippen LogP contribution is 2.23. The number of piperidine rings is 1. The van der Waals surface area contributed by atoms with E-state index in [1.807, 2.05) is 37.8 Å². The fourth-order valence-corrected chi connectivity index (χ4v) is 3.61. The third-order valence-electron chi connectivity index (χ3n) is 5.27. The second kappa shape index (κ2) is 11.0. The summed E-state index contributed by atoms with van der Waals surface area (Å²) in [7, 11) is 1.57. The summed E-state index contributed by atoms with van der Waals surface area (Å²) >= 11 is 0. The van der Waals surface area contributed by atoms with Gasteiger partial charge in [-0.3, -0.25) is 14.4 Å². The molecule has 0 saturated carbocycles. The summed E-state index contributed by atoms with van der Waals surface area (Å²) in [6.07, 6.45) is 1.35. The summed E-state index contributed by atoms with van der Waals surface area (Å²) in [5.41, 5.74) is 1.52. The van der Waals surface area contributed by atoms with Crippen molar-refractivity contribution in [2.45, 2.75) is 39.7 Å². The van der Waals surface area contributed by atoms with E-state index in [1.165, 1.54) is 0 Å². The number of rotatable bonds is 8. The molecule has 1 aliphatic heterocycles. The monoisotopic (exact) mass is 403 g/mol. The van der Waals surface area contributed by atoms with Crippen molar-refractivity contribution in [2.75, 3.05) is 33.4 Å². The lowest BCUT2D eigenvalue weighted by molar-refractivity contribution is -0.136. The van der Waals surface area contributed by atoms with Crippen LogP contribution in [0.5, 0.6) is 0 Å². The second-order valence-corrected chi connectivity index (χ2v) is 7.92. The molecule has 1 aromatic rings. The smallest absolute Gasteiger partial charge is 0.251 e. The van der Waals surface area contributed by atoms with E-state index in [1.54, 1.807) is 19.2 Å². The van der Waals surface area contributed by atoms with Crippen LogP contribution in [0.4, 0.5) is 0 Å². The van der Waals surface area contributed by atoms with Crippen molar-refractivity contribution < 1.29 is 19.1 Å². The fourth-order valence-electron chi connectivity index (χ4n) is 3.61. The highest BCUT2D eigenvalue weighted by molar-refractivity contribution is 5.97. The third kappa shape index (κ3) is 6.56. The Hall–Kier alpha value is -2.41. The third-order valence-corrected chi connectivity index (χ3v) is 5.27. The van der Waals surface area contributed by atoms with Crippen molar-refractivity contribution in [3.8, 4) is 0 Å². The number of hydrogen-bond donors (Lipinski definition) is 2. The van der Waals surface area contributed by atoms with Gasteiger partial charge in [0.2, 0.25) is 11.8 Å². The molecule has 2 rings (SSSR count). The van der Waals surface area contributed by atoms with Gasteiger partial charge in [-0.2, -0.15) is 0 Å². The van der Waals surface area contributed by atoms with E-state index >= 15 is 0 Å². The van der Waals surface area contributed by atoms with Crippen LogP contribution in [0.2, 0.25) is 0 Å². The van der Waals surface area contributed by atoms with Gasteiger partial charge in [0.1, 0.15) is 6.04 Å². The average molecular weight is 404 g/mol. The molecule has 3 amide bonds. The Bertz CT molecular complexity index is 712. The van der Waals surface area contributed by atoms with E-state index < -0.39 is 6.04 Å². The Labute approximate surface area is 173 Å². The number of amides is 3. The van der Waals surface area contributed by atoms with Gasteiger partial charge >= 0.3 is 0 Å². The molecule has 1 fully saturated rings. The quantitative estimate of drug-likeness (QED) is 0.648. The molecule has 0 radical (unpaired) electrons. The molecule has 1 unspecified atom stereocenters. The Balaban J connectivity index is 2.08. The largest absolute Gasteiger partial charge is 0.383 e. The molecular weight excluding hydrogens is 370 g/mol. The van der Waals surface area contributed by atoms with Gasteiger partial charge in [0, 0.05) is 38.2 Å². The maximum absolute atomic E-state index is 12.8. The number of nitrogens with one attached hydrogen (secondary N) is 2. The molecule has 1 atom stereocenters. The van der Waals surface area contributed by atoms with Crippen LogP contribution < -0.4 is 10.6 Å². The Morgan fingerprint density at radius 2 is 1.90 bits per heavy atom. The molecule has 2 N–H and O–H groups in total. The average Bonchev–Trinajstić information content (AvgIpc) is 2.71. The van der Waals surface area contributed by atoms with E-state index in [2.05, 4.69) is 10.6 Å². The summed E-state index contributed by atoms with van der Waals surface area (Å²) in [4.78, 5) is 39.7. The maximum atomic E-state index is 12.8. The maximum Gasteiger partial charge on any atom is 0.251 e. The summed E-state index contributed by atoms with van der Waals surface area (Å²) in [6, 6.07) is 6.66. The lowest BCUT2D eigenvalue weighted by Crippen LogP contribution is -2.54. The number of benzene rings is 1. The number of methoxy groups -OCH3 is 1. The van der Waals surface area contributed by atoms with Crippen molar-refractivity contribution in [1.29, 1.82) is 0 Å². The van der Waals surface area contributed by atoms with Gasteiger partial charge in [-0.05, 0) is 37.8 Å². The van der Waals surface area contributed by atoms with Crippen LogP contribution in [-0.2, 0) is 14.3 Å². The predicted octanol–water partition coefficient (Wildman–Crippen LogP) is 1.75. The molecule has 7 nitrogen and oxygen atoms in total. The van der Waals surface area contributed by atoms with E-state index in [0.29, 0.717) is 44.6 Å².